The number of carbonyl (C=O) groups is 1. The average Bonchev–Trinajstić information content (AvgIpc) is 2.57. The van der Waals surface area contributed by atoms with Gasteiger partial charge in [-0.2, -0.15) is 11.8 Å². The van der Waals surface area contributed by atoms with Crippen LogP contribution in [0.15, 0.2) is 36.4 Å². The highest BCUT2D eigenvalue weighted by Crippen LogP contribution is 2.25. The summed E-state index contributed by atoms with van der Waals surface area (Å²) in [6.45, 7) is 6.78. The van der Waals surface area contributed by atoms with Crippen LogP contribution in [0.1, 0.15) is 23.1 Å². The topological polar surface area (TPSA) is 47.6 Å². The lowest BCUT2D eigenvalue weighted by Gasteiger charge is -2.11. The van der Waals surface area contributed by atoms with Gasteiger partial charge in [-0.25, -0.2) is 0 Å². The Morgan fingerprint density at radius 3 is 2.46 bits per heavy atom. The maximum Gasteiger partial charge on any atom is 0.234 e. The number of methoxy groups -OCH3 is 1. The highest BCUT2D eigenvalue weighted by molar-refractivity contribution is 7.99. The second-order valence-electron chi connectivity index (χ2n) is 6.33. The number of rotatable bonds is 9. The molecule has 0 aliphatic heterocycles. The molecule has 2 aromatic carbocycles. The lowest BCUT2D eigenvalue weighted by Crippen LogP contribution is -2.15. The molecule has 2 aromatic rings. The third-order valence-corrected chi connectivity index (χ3v) is 4.80. The van der Waals surface area contributed by atoms with Crippen molar-refractivity contribution in [1.82, 2.24) is 0 Å². The van der Waals surface area contributed by atoms with Crippen molar-refractivity contribution in [3.8, 4) is 11.5 Å². The first-order valence-electron chi connectivity index (χ1n) is 8.71. The molecule has 140 valence electrons. The maximum absolute atomic E-state index is 12.1. The number of carbonyl (C=O) groups excluding carboxylic acids is 1. The predicted molar refractivity (Wildman–Crippen MR) is 110 cm³/mol. The Morgan fingerprint density at radius 1 is 1.04 bits per heavy atom. The zero-order valence-electron chi connectivity index (χ0n) is 15.9. The molecule has 4 nitrogen and oxygen atoms in total. The van der Waals surface area contributed by atoms with E-state index in [0.29, 0.717) is 18.1 Å². The molecule has 0 atom stereocenters. The third-order valence-electron chi connectivity index (χ3n) is 3.76. The van der Waals surface area contributed by atoms with E-state index in [4.69, 9.17) is 9.47 Å². The second kappa shape index (κ2) is 10.1. The fourth-order valence-electron chi connectivity index (χ4n) is 2.64. The fraction of sp³-hybridized carbons (Fsp3) is 0.381. The Balaban J connectivity index is 1.66. The lowest BCUT2D eigenvalue weighted by molar-refractivity contribution is -0.113. The molecule has 26 heavy (non-hydrogen) atoms. The van der Waals surface area contributed by atoms with E-state index in [1.54, 1.807) is 18.9 Å². The van der Waals surface area contributed by atoms with Gasteiger partial charge in [0.25, 0.3) is 0 Å². The van der Waals surface area contributed by atoms with E-state index < -0.39 is 0 Å². The number of hydrogen-bond acceptors (Lipinski definition) is 4. The summed E-state index contributed by atoms with van der Waals surface area (Å²) >= 11 is 1.61. The first-order chi connectivity index (χ1) is 12.5. The highest BCUT2D eigenvalue weighted by Gasteiger charge is 2.08. The first kappa shape index (κ1) is 20.2. The summed E-state index contributed by atoms with van der Waals surface area (Å²) < 4.78 is 11.1. The second-order valence-corrected chi connectivity index (χ2v) is 7.44. The molecule has 0 unspecified atom stereocenters. The van der Waals surface area contributed by atoms with Crippen molar-refractivity contribution in [2.45, 2.75) is 27.2 Å². The molecule has 0 saturated carbocycles. The largest absolute Gasteiger partial charge is 0.495 e. The quantitative estimate of drug-likeness (QED) is 0.644. The van der Waals surface area contributed by atoms with Crippen LogP contribution in [0.3, 0.4) is 0 Å². The number of ether oxygens (including phenoxy) is 2. The van der Waals surface area contributed by atoms with Gasteiger partial charge in [-0.15, -0.1) is 0 Å². The van der Waals surface area contributed by atoms with E-state index in [1.807, 2.05) is 37.3 Å². The van der Waals surface area contributed by atoms with Gasteiger partial charge in [0.2, 0.25) is 5.91 Å². The van der Waals surface area contributed by atoms with Crippen LogP contribution >= 0.6 is 11.8 Å². The van der Waals surface area contributed by atoms with Gasteiger partial charge in [0.15, 0.2) is 0 Å². The van der Waals surface area contributed by atoms with Crippen LogP contribution in [0.4, 0.5) is 5.69 Å². The van der Waals surface area contributed by atoms with E-state index in [2.05, 4.69) is 25.2 Å². The molecule has 0 fully saturated rings. The van der Waals surface area contributed by atoms with Gasteiger partial charge in [0.05, 0.1) is 25.2 Å². The molecule has 1 amide bonds. The first-order valence-corrected chi connectivity index (χ1v) is 9.86. The Kier molecular flexibility index (Phi) is 7.85. The summed E-state index contributed by atoms with van der Waals surface area (Å²) in [7, 11) is 1.60. The summed E-state index contributed by atoms with van der Waals surface area (Å²) in [6, 6.07) is 12.0. The molecular weight excluding hydrogens is 346 g/mol. The fourth-order valence-corrected chi connectivity index (χ4v) is 3.36. The smallest absolute Gasteiger partial charge is 0.234 e. The van der Waals surface area contributed by atoms with Crippen LogP contribution in [-0.4, -0.2) is 31.1 Å². The van der Waals surface area contributed by atoms with Gasteiger partial charge in [-0.1, -0.05) is 12.1 Å². The number of benzene rings is 2. The van der Waals surface area contributed by atoms with Gasteiger partial charge < -0.3 is 14.8 Å². The van der Waals surface area contributed by atoms with Crippen LogP contribution in [0, 0.1) is 20.8 Å². The Labute approximate surface area is 160 Å². The van der Waals surface area contributed by atoms with Gasteiger partial charge in [-0.3, -0.25) is 4.79 Å². The van der Waals surface area contributed by atoms with E-state index in [9.17, 15) is 4.79 Å². The standard InChI is InChI=1S/C21H27NO3S/c1-15-6-7-20(24-4)19(13-15)22-21(23)14-26-9-5-8-25-18-11-16(2)10-17(3)12-18/h6-7,10-13H,5,8-9,14H2,1-4H3,(H,22,23). The zero-order chi connectivity index (χ0) is 18.9. The Morgan fingerprint density at radius 2 is 1.77 bits per heavy atom. The van der Waals surface area contributed by atoms with Gasteiger partial charge >= 0.3 is 0 Å². The van der Waals surface area contributed by atoms with Gasteiger partial charge in [0, 0.05) is 0 Å². The summed E-state index contributed by atoms with van der Waals surface area (Å²) in [6.07, 6.45) is 0.901. The molecule has 0 spiro atoms. The molecule has 2 rings (SSSR count). The SMILES string of the molecule is COc1ccc(C)cc1NC(=O)CSCCCOc1cc(C)cc(C)c1. The van der Waals surface area contributed by atoms with E-state index in [0.717, 1.165) is 29.2 Å². The van der Waals surface area contributed by atoms with Crippen LogP contribution in [0.2, 0.25) is 0 Å². The third kappa shape index (κ3) is 6.64. The Bertz CT molecular complexity index is 726. The molecule has 0 aliphatic carbocycles. The molecule has 0 heterocycles. The summed E-state index contributed by atoms with van der Waals surface area (Å²) in [4.78, 5) is 12.1. The lowest BCUT2D eigenvalue weighted by atomic mass is 10.1. The van der Waals surface area contributed by atoms with Crippen molar-refractivity contribution in [1.29, 1.82) is 0 Å². The predicted octanol–water partition coefficient (Wildman–Crippen LogP) is 4.76. The highest BCUT2D eigenvalue weighted by atomic mass is 32.2. The maximum atomic E-state index is 12.1. The van der Waals surface area contributed by atoms with Crippen LogP contribution in [-0.2, 0) is 4.79 Å². The number of anilines is 1. The van der Waals surface area contributed by atoms with Crippen LogP contribution in [0.5, 0.6) is 11.5 Å². The van der Waals surface area contributed by atoms with Crippen molar-refractivity contribution in [3.63, 3.8) is 0 Å². The number of hydrogen-bond donors (Lipinski definition) is 1. The Hall–Kier alpha value is -2.14. The average molecular weight is 374 g/mol. The number of nitrogens with one attached hydrogen (secondary N) is 1. The molecule has 0 bridgehead atoms. The van der Waals surface area contributed by atoms with Crippen LogP contribution in [0.25, 0.3) is 0 Å². The minimum atomic E-state index is -0.0193. The minimum Gasteiger partial charge on any atom is -0.495 e. The zero-order valence-corrected chi connectivity index (χ0v) is 16.7. The molecule has 0 aliphatic rings. The number of aryl methyl sites for hydroxylation is 3. The van der Waals surface area contributed by atoms with Gasteiger partial charge in [0.1, 0.15) is 11.5 Å². The van der Waals surface area contributed by atoms with Crippen molar-refractivity contribution in [3.05, 3.63) is 53.1 Å². The van der Waals surface area contributed by atoms with E-state index in [1.165, 1.54) is 11.1 Å². The van der Waals surface area contributed by atoms with E-state index in [-0.39, 0.29) is 5.91 Å². The molecule has 1 N–H and O–H groups in total. The molecular formula is C21H27NO3S. The number of thioether (sulfide) groups is 1. The van der Waals surface area contributed by atoms with Gasteiger partial charge in [-0.05, 0) is 73.9 Å². The summed E-state index contributed by atoms with van der Waals surface area (Å²) in [5.74, 6) is 2.87. The van der Waals surface area contributed by atoms with Crippen molar-refractivity contribution in [2.75, 3.05) is 30.5 Å². The summed E-state index contributed by atoms with van der Waals surface area (Å²) in [5.41, 5.74) is 4.21. The molecule has 0 radical (unpaired) electrons. The minimum absolute atomic E-state index is 0.0193. The van der Waals surface area contributed by atoms with Crippen LogP contribution < -0.4 is 14.8 Å². The normalized spacial score (nSPS) is 10.5. The van der Waals surface area contributed by atoms with E-state index >= 15 is 0 Å². The summed E-state index contributed by atoms with van der Waals surface area (Å²) in [5, 5.41) is 2.92. The molecule has 0 saturated heterocycles. The number of amides is 1. The monoisotopic (exact) mass is 373 g/mol. The van der Waals surface area contributed by atoms with Crippen molar-refractivity contribution >= 4 is 23.4 Å². The molecule has 0 aromatic heterocycles. The van der Waals surface area contributed by atoms with Crippen molar-refractivity contribution < 1.29 is 14.3 Å². The van der Waals surface area contributed by atoms with Crippen molar-refractivity contribution in [2.24, 2.45) is 0 Å². The molecule has 5 heteroatoms.